The zero-order valence-corrected chi connectivity index (χ0v) is 10.3. The van der Waals surface area contributed by atoms with Crippen LogP contribution in [0.1, 0.15) is 17.2 Å². The average Bonchev–Trinajstić information content (AvgIpc) is 2.65. The summed E-state index contributed by atoms with van der Waals surface area (Å²) in [5.74, 6) is 1.77. The molecule has 78 valence electrons. The number of benzene rings is 1. The van der Waals surface area contributed by atoms with E-state index in [1.54, 1.807) is 6.20 Å². The zero-order chi connectivity index (χ0) is 10.7. The molecule has 0 fully saturated rings. The Balaban J connectivity index is 2.14. The Kier molecular flexibility index (Phi) is 3.44. The van der Waals surface area contributed by atoms with E-state index in [1.165, 1.54) is 0 Å². The lowest BCUT2D eigenvalue weighted by molar-refractivity contribution is 0.478. The van der Waals surface area contributed by atoms with Crippen molar-refractivity contribution in [3.8, 4) is 0 Å². The van der Waals surface area contributed by atoms with Gasteiger partial charge in [-0.3, -0.25) is 0 Å². The molecule has 0 atom stereocenters. The van der Waals surface area contributed by atoms with Gasteiger partial charge < -0.3 is 4.42 Å². The van der Waals surface area contributed by atoms with Crippen molar-refractivity contribution < 1.29 is 4.42 Å². The third-order valence-electron chi connectivity index (χ3n) is 1.98. The smallest absolute Gasteiger partial charge is 0.198 e. The van der Waals surface area contributed by atoms with Gasteiger partial charge in [-0.15, -0.1) is 11.6 Å². The van der Waals surface area contributed by atoms with Crippen LogP contribution in [-0.2, 0) is 12.3 Å². The Hall–Kier alpha value is -0.800. The fourth-order valence-corrected chi connectivity index (χ4v) is 1.88. The summed E-state index contributed by atoms with van der Waals surface area (Å²) in [6, 6.07) is 8.06. The summed E-state index contributed by atoms with van der Waals surface area (Å²) in [5.41, 5.74) is 1.16. The van der Waals surface area contributed by atoms with Gasteiger partial charge in [-0.1, -0.05) is 28.1 Å². The van der Waals surface area contributed by atoms with Crippen molar-refractivity contribution in [3.63, 3.8) is 0 Å². The number of rotatable bonds is 3. The maximum atomic E-state index is 5.63. The summed E-state index contributed by atoms with van der Waals surface area (Å²) in [6.45, 7) is 0. The number of aromatic nitrogens is 1. The van der Waals surface area contributed by atoms with Gasteiger partial charge in [0.15, 0.2) is 5.89 Å². The molecular weight excluding hydrogens is 277 g/mol. The second-order valence-corrected chi connectivity index (χ2v) is 4.34. The number of halogens is 2. The normalized spacial score (nSPS) is 10.5. The van der Waals surface area contributed by atoms with Crippen LogP contribution >= 0.6 is 27.5 Å². The summed E-state index contributed by atoms with van der Waals surface area (Å²) < 4.78 is 6.48. The minimum absolute atomic E-state index is 0.367. The van der Waals surface area contributed by atoms with E-state index in [4.69, 9.17) is 16.0 Å². The molecule has 0 N–H and O–H groups in total. The monoisotopic (exact) mass is 285 g/mol. The summed E-state index contributed by atoms with van der Waals surface area (Å²) in [6.07, 6.45) is 2.36. The molecule has 0 spiro atoms. The third kappa shape index (κ3) is 2.83. The standard InChI is InChI=1S/C11H9BrClNO/c12-9-3-1-2-8(4-9)5-11-14-7-10(6-13)15-11/h1-4,7H,5-6H2. The Labute approximate surface area is 101 Å². The molecule has 0 bridgehead atoms. The van der Waals surface area contributed by atoms with Crippen LogP contribution in [0.15, 0.2) is 39.4 Å². The lowest BCUT2D eigenvalue weighted by Crippen LogP contribution is -1.87. The van der Waals surface area contributed by atoms with Crippen molar-refractivity contribution >= 4 is 27.5 Å². The molecular formula is C11H9BrClNO. The number of nitrogens with zero attached hydrogens (tertiary/aromatic N) is 1. The highest BCUT2D eigenvalue weighted by Crippen LogP contribution is 2.15. The van der Waals surface area contributed by atoms with Gasteiger partial charge in [0.05, 0.1) is 12.1 Å². The van der Waals surface area contributed by atoms with Crippen LogP contribution in [0.5, 0.6) is 0 Å². The van der Waals surface area contributed by atoms with E-state index < -0.39 is 0 Å². The van der Waals surface area contributed by atoms with Gasteiger partial charge in [-0.25, -0.2) is 4.98 Å². The SMILES string of the molecule is ClCc1cnc(Cc2cccc(Br)c2)o1. The predicted molar refractivity (Wildman–Crippen MR) is 63.0 cm³/mol. The van der Waals surface area contributed by atoms with Crippen molar-refractivity contribution in [1.82, 2.24) is 4.98 Å². The van der Waals surface area contributed by atoms with Crippen LogP contribution in [0.2, 0.25) is 0 Å². The molecule has 2 aromatic rings. The Morgan fingerprint density at radius 1 is 1.40 bits per heavy atom. The van der Waals surface area contributed by atoms with E-state index in [2.05, 4.69) is 20.9 Å². The van der Waals surface area contributed by atoms with Crippen molar-refractivity contribution in [2.75, 3.05) is 0 Å². The fourth-order valence-electron chi connectivity index (χ4n) is 1.31. The predicted octanol–water partition coefficient (Wildman–Crippen LogP) is 3.77. The maximum Gasteiger partial charge on any atom is 0.198 e. The second kappa shape index (κ2) is 4.81. The topological polar surface area (TPSA) is 26.0 Å². The molecule has 0 radical (unpaired) electrons. The van der Waals surface area contributed by atoms with Gasteiger partial charge in [0.1, 0.15) is 5.76 Å². The van der Waals surface area contributed by atoms with Gasteiger partial charge in [0.2, 0.25) is 0 Å². The summed E-state index contributed by atoms with van der Waals surface area (Å²) >= 11 is 9.05. The first kappa shape index (κ1) is 10.7. The zero-order valence-electron chi connectivity index (χ0n) is 7.91. The van der Waals surface area contributed by atoms with Crippen LogP contribution in [-0.4, -0.2) is 4.98 Å². The second-order valence-electron chi connectivity index (χ2n) is 3.16. The highest BCUT2D eigenvalue weighted by Gasteiger charge is 2.04. The molecule has 15 heavy (non-hydrogen) atoms. The summed E-state index contributed by atoms with van der Waals surface area (Å²) in [7, 11) is 0. The Bertz CT molecular complexity index is 455. The molecule has 0 saturated heterocycles. The van der Waals surface area contributed by atoms with Crippen molar-refractivity contribution in [2.45, 2.75) is 12.3 Å². The molecule has 2 nitrogen and oxygen atoms in total. The van der Waals surface area contributed by atoms with E-state index in [-0.39, 0.29) is 0 Å². The molecule has 0 saturated carbocycles. The van der Waals surface area contributed by atoms with E-state index in [9.17, 15) is 0 Å². The maximum absolute atomic E-state index is 5.63. The molecule has 0 aliphatic carbocycles. The van der Waals surface area contributed by atoms with E-state index >= 15 is 0 Å². The molecule has 0 amide bonds. The van der Waals surface area contributed by atoms with Gasteiger partial charge in [-0.2, -0.15) is 0 Å². The minimum atomic E-state index is 0.367. The Morgan fingerprint density at radius 2 is 2.27 bits per heavy atom. The first-order valence-corrected chi connectivity index (χ1v) is 5.84. The van der Waals surface area contributed by atoms with Crippen LogP contribution in [0.25, 0.3) is 0 Å². The Morgan fingerprint density at radius 3 is 2.93 bits per heavy atom. The lowest BCUT2D eigenvalue weighted by atomic mass is 10.1. The largest absolute Gasteiger partial charge is 0.444 e. The molecule has 0 aliphatic heterocycles. The average molecular weight is 287 g/mol. The van der Waals surface area contributed by atoms with E-state index in [0.29, 0.717) is 24.0 Å². The van der Waals surface area contributed by atoms with Gasteiger partial charge in [0.25, 0.3) is 0 Å². The van der Waals surface area contributed by atoms with Crippen LogP contribution in [0.3, 0.4) is 0 Å². The number of hydrogen-bond acceptors (Lipinski definition) is 2. The molecule has 1 aromatic heterocycles. The third-order valence-corrected chi connectivity index (χ3v) is 2.73. The number of hydrogen-bond donors (Lipinski definition) is 0. The van der Waals surface area contributed by atoms with Crippen molar-refractivity contribution in [3.05, 3.63) is 52.1 Å². The summed E-state index contributed by atoms with van der Waals surface area (Å²) in [4.78, 5) is 4.15. The number of alkyl halides is 1. The quantitative estimate of drug-likeness (QED) is 0.803. The van der Waals surface area contributed by atoms with Gasteiger partial charge >= 0.3 is 0 Å². The van der Waals surface area contributed by atoms with Crippen LogP contribution < -0.4 is 0 Å². The molecule has 0 unspecified atom stereocenters. The molecule has 4 heteroatoms. The minimum Gasteiger partial charge on any atom is -0.444 e. The molecule has 1 heterocycles. The van der Waals surface area contributed by atoms with Gasteiger partial charge in [0, 0.05) is 10.9 Å². The van der Waals surface area contributed by atoms with Crippen LogP contribution in [0, 0.1) is 0 Å². The van der Waals surface area contributed by atoms with E-state index in [0.717, 1.165) is 10.0 Å². The van der Waals surface area contributed by atoms with Crippen LogP contribution in [0.4, 0.5) is 0 Å². The fraction of sp³-hybridized carbons (Fsp3) is 0.182. The lowest BCUT2D eigenvalue weighted by Gasteiger charge is -1.97. The van der Waals surface area contributed by atoms with Crippen molar-refractivity contribution in [1.29, 1.82) is 0 Å². The first-order chi connectivity index (χ1) is 7.28. The molecule has 0 aliphatic rings. The first-order valence-electron chi connectivity index (χ1n) is 4.52. The van der Waals surface area contributed by atoms with Crippen molar-refractivity contribution in [2.24, 2.45) is 0 Å². The number of oxazole rings is 1. The highest BCUT2D eigenvalue weighted by atomic mass is 79.9. The molecule has 1 aromatic carbocycles. The van der Waals surface area contributed by atoms with E-state index in [1.807, 2.05) is 24.3 Å². The summed E-state index contributed by atoms with van der Waals surface area (Å²) in [5, 5.41) is 0. The van der Waals surface area contributed by atoms with Gasteiger partial charge in [-0.05, 0) is 17.7 Å². The molecule has 2 rings (SSSR count). The highest BCUT2D eigenvalue weighted by molar-refractivity contribution is 9.10.